The molecule has 2 aromatic rings. The first-order chi connectivity index (χ1) is 9.37. The maximum atomic E-state index is 12.1. The Bertz CT molecular complexity index is 612. The highest BCUT2D eigenvalue weighted by Crippen LogP contribution is 2.27. The number of halogens is 3. The molecule has 0 saturated heterocycles. The molecule has 0 aliphatic carbocycles. The van der Waals surface area contributed by atoms with Gasteiger partial charge < -0.3 is 5.32 Å². The van der Waals surface area contributed by atoms with Crippen molar-refractivity contribution in [3.05, 3.63) is 29.3 Å². The molecule has 5 nitrogen and oxygen atoms in total. The second-order valence-electron chi connectivity index (χ2n) is 3.86. The van der Waals surface area contributed by atoms with Crippen LogP contribution >= 0.6 is 11.3 Å². The van der Waals surface area contributed by atoms with Gasteiger partial charge in [0, 0.05) is 18.0 Å². The summed E-state index contributed by atoms with van der Waals surface area (Å²) in [6.07, 6.45) is -0.0589. The lowest BCUT2D eigenvalue weighted by molar-refractivity contribution is -0.123. The van der Waals surface area contributed by atoms with Crippen molar-refractivity contribution in [2.24, 2.45) is 0 Å². The Morgan fingerprint density at radius 3 is 2.60 bits per heavy atom. The number of nitrogens with one attached hydrogen (secondary N) is 1. The van der Waals surface area contributed by atoms with Gasteiger partial charge >= 0.3 is 6.18 Å². The largest absolute Gasteiger partial charge is 0.405 e. The molecule has 0 spiro atoms. The fraction of sp³-hybridized carbons (Fsp3) is 0.273. The van der Waals surface area contributed by atoms with Gasteiger partial charge in [-0.25, -0.2) is 15.0 Å². The molecule has 2 heterocycles. The number of rotatable bonds is 3. The first kappa shape index (κ1) is 14.4. The van der Waals surface area contributed by atoms with Gasteiger partial charge in [0.25, 0.3) is 5.91 Å². The second kappa shape index (κ2) is 5.53. The predicted octanol–water partition coefficient (Wildman–Crippen LogP) is 2.20. The summed E-state index contributed by atoms with van der Waals surface area (Å²) in [5.74, 6) is -0.791. The Kier molecular flexibility index (Phi) is 3.98. The number of carbonyl (C=O) groups is 1. The van der Waals surface area contributed by atoms with Crippen LogP contribution in [-0.2, 0) is 0 Å². The number of aryl methyl sites for hydroxylation is 1. The third-order valence-electron chi connectivity index (χ3n) is 2.26. The lowest BCUT2D eigenvalue weighted by Crippen LogP contribution is -2.33. The molecule has 2 aromatic heterocycles. The molecule has 1 N–H and O–H groups in total. The molecule has 106 valence electrons. The van der Waals surface area contributed by atoms with Crippen molar-refractivity contribution in [1.29, 1.82) is 0 Å². The highest BCUT2D eigenvalue weighted by atomic mass is 32.1. The van der Waals surface area contributed by atoms with Gasteiger partial charge in [0.2, 0.25) is 0 Å². The Morgan fingerprint density at radius 1 is 1.35 bits per heavy atom. The molecule has 0 atom stereocenters. The van der Waals surface area contributed by atoms with Crippen LogP contribution in [-0.4, -0.2) is 33.6 Å². The molecular formula is C11H9F3N4OS. The van der Waals surface area contributed by atoms with Crippen LogP contribution in [0.1, 0.15) is 15.4 Å². The number of aromatic nitrogens is 3. The van der Waals surface area contributed by atoms with Crippen LogP contribution in [0.3, 0.4) is 0 Å². The van der Waals surface area contributed by atoms with Crippen molar-refractivity contribution in [2.75, 3.05) is 6.54 Å². The molecular weight excluding hydrogens is 293 g/mol. The highest BCUT2D eigenvalue weighted by molar-refractivity contribution is 7.17. The Morgan fingerprint density at radius 2 is 2.00 bits per heavy atom. The van der Waals surface area contributed by atoms with E-state index in [1.807, 2.05) is 5.32 Å². The van der Waals surface area contributed by atoms with Crippen molar-refractivity contribution < 1.29 is 18.0 Å². The van der Waals surface area contributed by atoms with Crippen LogP contribution in [0.2, 0.25) is 0 Å². The molecule has 0 fully saturated rings. The summed E-state index contributed by atoms with van der Waals surface area (Å²) in [6.45, 7) is 0.194. The Hall–Kier alpha value is -2.03. The number of nitrogens with zero attached hydrogens (tertiary/aromatic N) is 3. The monoisotopic (exact) mass is 302 g/mol. The number of thiazole rings is 1. The fourth-order valence-corrected chi connectivity index (χ4v) is 2.36. The minimum absolute atomic E-state index is 0.146. The van der Waals surface area contributed by atoms with Gasteiger partial charge in [0.1, 0.15) is 22.8 Å². The quantitative estimate of drug-likeness (QED) is 0.944. The van der Waals surface area contributed by atoms with Gasteiger partial charge in [-0.15, -0.1) is 11.3 Å². The molecule has 0 aliphatic rings. The van der Waals surface area contributed by atoms with E-state index >= 15 is 0 Å². The maximum absolute atomic E-state index is 12.1. The molecule has 0 aromatic carbocycles. The molecule has 0 aliphatic heterocycles. The van der Waals surface area contributed by atoms with E-state index in [0.717, 1.165) is 11.3 Å². The maximum Gasteiger partial charge on any atom is 0.405 e. The second-order valence-corrected chi connectivity index (χ2v) is 4.86. The van der Waals surface area contributed by atoms with Crippen LogP contribution < -0.4 is 5.32 Å². The molecule has 1 amide bonds. The van der Waals surface area contributed by atoms with Crippen LogP contribution in [0.5, 0.6) is 0 Å². The number of hydrogen-bond acceptors (Lipinski definition) is 5. The number of alkyl halides is 3. The lowest BCUT2D eigenvalue weighted by Gasteiger charge is -2.07. The Balaban J connectivity index is 2.18. The average Bonchev–Trinajstić information content (AvgIpc) is 2.78. The average molecular weight is 302 g/mol. The summed E-state index contributed by atoms with van der Waals surface area (Å²) in [4.78, 5) is 23.6. The van der Waals surface area contributed by atoms with Crippen LogP contribution in [0, 0.1) is 6.92 Å². The van der Waals surface area contributed by atoms with Crippen LogP contribution in [0.25, 0.3) is 10.6 Å². The highest BCUT2D eigenvalue weighted by Gasteiger charge is 2.28. The van der Waals surface area contributed by atoms with E-state index in [1.165, 1.54) is 18.7 Å². The van der Waals surface area contributed by atoms with E-state index < -0.39 is 18.6 Å². The minimum atomic E-state index is -4.44. The molecule has 2 rings (SSSR count). The van der Waals surface area contributed by atoms with Gasteiger partial charge in [-0.3, -0.25) is 4.79 Å². The van der Waals surface area contributed by atoms with Crippen LogP contribution in [0.15, 0.2) is 18.7 Å². The molecule has 9 heteroatoms. The number of carbonyl (C=O) groups excluding carboxylic acids is 1. The van der Waals surface area contributed by atoms with Gasteiger partial charge in [-0.05, 0) is 6.92 Å². The van der Waals surface area contributed by atoms with Gasteiger partial charge in [0.15, 0.2) is 0 Å². The van der Waals surface area contributed by atoms with Gasteiger partial charge in [-0.1, -0.05) is 0 Å². The summed E-state index contributed by atoms with van der Waals surface area (Å²) >= 11 is 1.00. The normalized spacial score (nSPS) is 11.4. The number of amides is 1. The van der Waals surface area contributed by atoms with Crippen molar-refractivity contribution in [3.8, 4) is 10.6 Å². The minimum Gasteiger partial charge on any atom is -0.342 e. The molecule has 0 radical (unpaired) electrons. The standard InChI is InChI=1S/C11H9F3N4OS/c1-6-8(9(19)17-4-11(12,13)14)20-10(18-6)7-2-15-5-16-3-7/h2-3,5H,4H2,1H3,(H,17,19). The third kappa shape index (κ3) is 3.50. The topological polar surface area (TPSA) is 67.8 Å². The zero-order valence-electron chi connectivity index (χ0n) is 10.2. The molecule has 20 heavy (non-hydrogen) atoms. The fourth-order valence-electron chi connectivity index (χ4n) is 1.40. The third-order valence-corrected chi connectivity index (χ3v) is 3.47. The smallest absolute Gasteiger partial charge is 0.342 e. The number of hydrogen-bond donors (Lipinski definition) is 1. The summed E-state index contributed by atoms with van der Waals surface area (Å²) in [7, 11) is 0. The first-order valence-corrected chi connectivity index (χ1v) is 6.26. The van der Waals surface area contributed by atoms with Crippen molar-refractivity contribution in [3.63, 3.8) is 0 Å². The zero-order valence-corrected chi connectivity index (χ0v) is 11.0. The van der Waals surface area contributed by atoms with Gasteiger partial charge in [-0.2, -0.15) is 13.2 Å². The molecule has 0 unspecified atom stereocenters. The predicted molar refractivity (Wildman–Crippen MR) is 66.3 cm³/mol. The zero-order chi connectivity index (χ0) is 14.8. The summed E-state index contributed by atoms with van der Waals surface area (Å²) < 4.78 is 36.2. The summed E-state index contributed by atoms with van der Waals surface area (Å²) in [5, 5.41) is 2.31. The van der Waals surface area contributed by atoms with E-state index in [-0.39, 0.29) is 4.88 Å². The van der Waals surface area contributed by atoms with E-state index in [1.54, 1.807) is 6.92 Å². The summed E-state index contributed by atoms with van der Waals surface area (Å²) in [5.41, 5.74) is 0.976. The van der Waals surface area contributed by atoms with Crippen LogP contribution in [0.4, 0.5) is 13.2 Å². The first-order valence-electron chi connectivity index (χ1n) is 5.44. The van der Waals surface area contributed by atoms with E-state index in [4.69, 9.17) is 0 Å². The van der Waals surface area contributed by atoms with E-state index in [2.05, 4.69) is 15.0 Å². The molecule has 0 saturated carbocycles. The van der Waals surface area contributed by atoms with E-state index in [9.17, 15) is 18.0 Å². The summed E-state index contributed by atoms with van der Waals surface area (Å²) in [6, 6.07) is 0. The lowest BCUT2D eigenvalue weighted by atomic mass is 10.3. The van der Waals surface area contributed by atoms with E-state index in [0.29, 0.717) is 16.3 Å². The Labute approximate surface area is 115 Å². The molecule has 0 bridgehead atoms. The van der Waals surface area contributed by atoms with Crippen molar-refractivity contribution in [1.82, 2.24) is 20.3 Å². The SMILES string of the molecule is Cc1nc(-c2cncnc2)sc1C(=O)NCC(F)(F)F. The van der Waals surface area contributed by atoms with Gasteiger partial charge in [0.05, 0.1) is 5.69 Å². The van der Waals surface area contributed by atoms with Crippen molar-refractivity contribution in [2.45, 2.75) is 13.1 Å². The van der Waals surface area contributed by atoms with Crippen molar-refractivity contribution >= 4 is 17.2 Å².